The van der Waals surface area contributed by atoms with Crippen LogP contribution in [0.4, 0.5) is 0 Å². The minimum atomic E-state index is 0.452. The Kier molecular flexibility index (Phi) is 12.7. The molecule has 1 aliphatic rings. The third-order valence-corrected chi connectivity index (χ3v) is 7.93. The Morgan fingerprint density at radius 2 is 1.25 bits per heavy atom. The summed E-state index contributed by atoms with van der Waals surface area (Å²) in [4.78, 5) is 0. The number of benzene rings is 2. The number of unbranched alkanes of at least 4 members (excludes halogenated alkanes) is 8. The number of aryl methyl sites for hydroxylation is 2. The van der Waals surface area contributed by atoms with E-state index < -0.39 is 0 Å². The molecule has 0 atom stereocenters. The minimum absolute atomic E-state index is 0.452. The molecule has 0 aromatic heterocycles. The smallest absolute Gasteiger partial charge is 0.100 e. The SMILES string of the molecule is CCCCCCCc1ccc(C2CCC(C#Cc3ccc(CCCCCCC)cc3C#N)CC2)cc1. The molecule has 36 heavy (non-hydrogen) atoms. The van der Waals surface area contributed by atoms with Gasteiger partial charge in [0.1, 0.15) is 6.07 Å². The van der Waals surface area contributed by atoms with Gasteiger partial charge in [0.2, 0.25) is 0 Å². The van der Waals surface area contributed by atoms with Crippen molar-refractivity contribution in [3.63, 3.8) is 0 Å². The van der Waals surface area contributed by atoms with E-state index in [4.69, 9.17) is 0 Å². The Bertz CT molecular complexity index is 990. The maximum absolute atomic E-state index is 9.67. The fraction of sp³-hybridized carbons (Fsp3) is 0.571. The van der Waals surface area contributed by atoms with Gasteiger partial charge in [-0.15, -0.1) is 0 Å². The molecule has 0 bridgehead atoms. The Hall–Kier alpha value is -2.51. The standard InChI is InChI=1S/C35H47N/c1-3-5-7-9-11-13-29-15-21-32(22-16-29)33-23-17-30(18-24-33)19-25-34-26-20-31(27-35(34)28-36)14-12-10-8-6-4-2/h15-16,20-22,26-27,30,33H,3-14,17-18,23-24H2,1-2H3. The molecule has 0 unspecified atom stereocenters. The molecule has 192 valence electrons. The predicted octanol–water partition coefficient (Wildman–Crippen LogP) is 9.91. The number of rotatable bonds is 13. The van der Waals surface area contributed by atoms with Crippen LogP contribution in [0.3, 0.4) is 0 Å². The zero-order valence-corrected chi connectivity index (χ0v) is 23.0. The quantitative estimate of drug-likeness (QED) is 0.206. The third kappa shape index (κ3) is 9.51. The highest BCUT2D eigenvalue weighted by molar-refractivity contribution is 5.50. The molecular formula is C35H47N. The summed E-state index contributed by atoms with van der Waals surface area (Å²) in [6.45, 7) is 4.53. The van der Waals surface area contributed by atoms with Gasteiger partial charge in [-0.05, 0) is 86.1 Å². The van der Waals surface area contributed by atoms with E-state index in [0.717, 1.165) is 30.4 Å². The van der Waals surface area contributed by atoms with Crippen molar-refractivity contribution < 1.29 is 0 Å². The summed E-state index contributed by atoms with van der Waals surface area (Å²) in [6.07, 6.45) is 20.2. The molecule has 2 aromatic carbocycles. The van der Waals surface area contributed by atoms with Gasteiger partial charge in [0.25, 0.3) is 0 Å². The monoisotopic (exact) mass is 481 g/mol. The van der Waals surface area contributed by atoms with Crippen LogP contribution in [0, 0.1) is 29.1 Å². The van der Waals surface area contributed by atoms with Crippen molar-refractivity contribution in [2.24, 2.45) is 5.92 Å². The molecule has 0 heterocycles. The van der Waals surface area contributed by atoms with Gasteiger partial charge in [-0.2, -0.15) is 5.26 Å². The molecule has 1 saturated carbocycles. The fourth-order valence-corrected chi connectivity index (χ4v) is 5.52. The molecule has 1 heteroatoms. The van der Waals surface area contributed by atoms with Crippen LogP contribution in [0.5, 0.6) is 0 Å². The van der Waals surface area contributed by atoms with E-state index in [2.05, 4.69) is 74.2 Å². The lowest BCUT2D eigenvalue weighted by molar-refractivity contribution is 0.384. The summed E-state index contributed by atoms with van der Waals surface area (Å²) in [6, 6.07) is 18.2. The lowest BCUT2D eigenvalue weighted by atomic mass is 9.78. The summed E-state index contributed by atoms with van der Waals surface area (Å²) < 4.78 is 0. The molecule has 0 spiro atoms. The first-order chi connectivity index (χ1) is 17.7. The van der Waals surface area contributed by atoms with Crippen molar-refractivity contribution >= 4 is 0 Å². The number of hydrogen-bond acceptors (Lipinski definition) is 1. The van der Waals surface area contributed by atoms with E-state index >= 15 is 0 Å². The van der Waals surface area contributed by atoms with Crippen LogP contribution in [-0.2, 0) is 12.8 Å². The van der Waals surface area contributed by atoms with E-state index in [1.165, 1.54) is 100 Å². The highest BCUT2D eigenvalue weighted by atomic mass is 14.3. The molecule has 0 aliphatic heterocycles. The summed E-state index contributed by atoms with van der Waals surface area (Å²) >= 11 is 0. The van der Waals surface area contributed by atoms with Crippen LogP contribution in [0.1, 0.15) is 137 Å². The maximum Gasteiger partial charge on any atom is 0.100 e. The van der Waals surface area contributed by atoms with E-state index in [9.17, 15) is 5.26 Å². The van der Waals surface area contributed by atoms with E-state index in [1.807, 2.05) is 0 Å². The Labute approximate surface area is 221 Å². The Morgan fingerprint density at radius 3 is 1.86 bits per heavy atom. The average molecular weight is 482 g/mol. The summed E-state index contributed by atoms with van der Waals surface area (Å²) in [5, 5.41) is 9.67. The minimum Gasteiger partial charge on any atom is -0.192 e. The van der Waals surface area contributed by atoms with E-state index in [-0.39, 0.29) is 0 Å². The highest BCUT2D eigenvalue weighted by Gasteiger charge is 2.21. The molecule has 2 aromatic rings. The second-order valence-corrected chi connectivity index (χ2v) is 10.9. The maximum atomic E-state index is 9.67. The van der Waals surface area contributed by atoms with E-state index in [0.29, 0.717) is 11.8 Å². The first kappa shape index (κ1) is 28.1. The zero-order valence-electron chi connectivity index (χ0n) is 23.0. The van der Waals surface area contributed by atoms with Crippen LogP contribution < -0.4 is 0 Å². The lowest BCUT2D eigenvalue weighted by Gasteiger charge is -2.26. The molecule has 0 amide bonds. The van der Waals surface area contributed by atoms with Gasteiger partial charge >= 0.3 is 0 Å². The lowest BCUT2D eigenvalue weighted by Crippen LogP contribution is -2.12. The molecule has 0 N–H and O–H groups in total. The average Bonchev–Trinajstić information content (AvgIpc) is 2.92. The molecule has 1 aliphatic carbocycles. The summed E-state index contributed by atoms with van der Waals surface area (Å²) in [5.74, 6) is 8.01. The van der Waals surface area contributed by atoms with Crippen LogP contribution in [0.25, 0.3) is 0 Å². The topological polar surface area (TPSA) is 23.8 Å². The van der Waals surface area contributed by atoms with Crippen molar-refractivity contribution in [1.29, 1.82) is 5.26 Å². The predicted molar refractivity (Wildman–Crippen MR) is 154 cm³/mol. The van der Waals surface area contributed by atoms with Gasteiger partial charge < -0.3 is 0 Å². The van der Waals surface area contributed by atoms with Gasteiger partial charge in [0.15, 0.2) is 0 Å². The largest absolute Gasteiger partial charge is 0.192 e. The number of nitriles is 1. The van der Waals surface area contributed by atoms with Crippen molar-refractivity contribution in [3.05, 3.63) is 70.3 Å². The number of nitrogens with zero attached hydrogens (tertiary/aromatic N) is 1. The molecule has 3 rings (SSSR count). The van der Waals surface area contributed by atoms with Crippen molar-refractivity contribution in [2.45, 2.75) is 122 Å². The van der Waals surface area contributed by atoms with Gasteiger partial charge in [-0.25, -0.2) is 0 Å². The normalized spacial score (nSPS) is 17.2. The summed E-state index contributed by atoms with van der Waals surface area (Å²) in [5.41, 5.74) is 5.92. The van der Waals surface area contributed by atoms with Crippen molar-refractivity contribution in [3.8, 4) is 17.9 Å². The highest BCUT2D eigenvalue weighted by Crippen LogP contribution is 2.35. The third-order valence-electron chi connectivity index (χ3n) is 7.93. The molecular weight excluding hydrogens is 434 g/mol. The first-order valence-electron chi connectivity index (χ1n) is 14.9. The molecule has 1 nitrogen and oxygen atoms in total. The molecule has 0 radical (unpaired) electrons. The van der Waals surface area contributed by atoms with E-state index in [1.54, 1.807) is 0 Å². The van der Waals surface area contributed by atoms with Crippen molar-refractivity contribution in [1.82, 2.24) is 0 Å². The Morgan fingerprint density at radius 1 is 0.667 bits per heavy atom. The second-order valence-electron chi connectivity index (χ2n) is 10.9. The van der Waals surface area contributed by atoms with Gasteiger partial charge in [-0.1, -0.05) is 107 Å². The van der Waals surface area contributed by atoms with Gasteiger partial charge in [-0.3, -0.25) is 0 Å². The summed E-state index contributed by atoms with van der Waals surface area (Å²) in [7, 11) is 0. The molecule has 1 fully saturated rings. The first-order valence-corrected chi connectivity index (χ1v) is 14.9. The van der Waals surface area contributed by atoms with Crippen molar-refractivity contribution in [2.75, 3.05) is 0 Å². The van der Waals surface area contributed by atoms with Crippen LogP contribution in [0.2, 0.25) is 0 Å². The second kappa shape index (κ2) is 16.3. The zero-order chi connectivity index (χ0) is 25.4. The van der Waals surface area contributed by atoms with Crippen LogP contribution in [0.15, 0.2) is 42.5 Å². The molecule has 0 saturated heterocycles. The fourth-order valence-electron chi connectivity index (χ4n) is 5.52. The van der Waals surface area contributed by atoms with Gasteiger partial charge in [0.05, 0.1) is 5.56 Å². The number of hydrogen-bond donors (Lipinski definition) is 0. The van der Waals surface area contributed by atoms with Crippen LogP contribution in [-0.4, -0.2) is 0 Å². The van der Waals surface area contributed by atoms with Gasteiger partial charge in [0, 0.05) is 11.5 Å². The van der Waals surface area contributed by atoms with Crippen LogP contribution >= 0.6 is 0 Å². The Balaban J connectivity index is 1.45.